The highest BCUT2D eigenvalue weighted by atomic mass is 16.2. The van der Waals surface area contributed by atoms with Gasteiger partial charge in [0.25, 0.3) is 5.91 Å². The van der Waals surface area contributed by atoms with Crippen LogP contribution in [-0.2, 0) is 9.59 Å². The summed E-state index contributed by atoms with van der Waals surface area (Å²) in [6.07, 6.45) is 0.643. The number of urea groups is 1. The van der Waals surface area contributed by atoms with Crippen molar-refractivity contribution >= 4 is 17.8 Å². The van der Waals surface area contributed by atoms with E-state index in [1.54, 1.807) is 0 Å². The molecule has 7 nitrogen and oxygen atoms in total. The molecule has 2 rings (SSSR count). The van der Waals surface area contributed by atoms with Crippen molar-refractivity contribution in [3.05, 3.63) is 0 Å². The van der Waals surface area contributed by atoms with Gasteiger partial charge in [0.05, 0.1) is 0 Å². The van der Waals surface area contributed by atoms with Crippen molar-refractivity contribution < 1.29 is 14.4 Å². The van der Waals surface area contributed by atoms with Crippen molar-refractivity contribution in [1.29, 1.82) is 0 Å². The van der Waals surface area contributed by atoms with Crippen molar-refractivity contribution in [1.82, 2.24) is 20.4 Å². The van der Waals surface area contributed by atoms with Gasteiger partial charge in [-0.3, -0.25) is 19.8 Å². The Balaban J connectivity index is 1.75. The number of carbonyl (C=O) groups excluding carboxylic acids is 3. The lowest BCUT2D eigenvalue weighted by molar-refractivity contribution is -0.134. The van der Waals surface area contributed by atoms with Gasteiger partial charge in [0.15, 0.2) is 0 Å². The average Bonchev–Trinajstić information content (AvgIpc) is 2.73. The SMILES string of the molecule is CC(C)(C)N1CCN(C(=O)CC[C@@H]2NC(=O)NC2=O)CC1. The molecule has 2 heterocycles. The summed E-state index contributed by atoms with van der Waals surface area (Å²) in [5, 5.41) is 4.68. The van der Waals surface area contributed by atoms with E-state index in [-0.39, 0.29) is 23.8 Å². The third kappa shape index (κ3) is 3.93. The maximum absolute atomic E-state index is 12.2. The molecule has 0 bridgehead atoms. The molecule has 1 atom stereocenters. The molecule has 7 heteroatoms. The summed E-state index contributed by atoms with van der Waals surface area (Å²) >= 11 is 0. The predicted molar refractivity (Wildman–Crippen MR) is 77.6 cm³/mol. The Kier molecular flexibility index (Phi) is 4.51. The monoisotopic (exact) mass is 296 g/mol. The van der Waals surface area contributed by atoms with Gasteiger partial charge in [-0.1, -0.05) is 0 Å². The first kappa shape index (κ1) is 15.8. The molecule has 2 saturated heterocycles. The molecule has 0 aliphatic carbocycles. The normalized spacial score (nSPS) is 24.0. The number of carbonyl (C=O) groups is 3. The number of imide groups is 1. The van der Waals surface area contributed by atoms with E-state index in [1.165, 1.54) is 0 Å². The van der Waals surface area contributed by atoms with Crippen LogP contribution in [0.2, 0.25) is 0 Å². The van der Waals surface area contributed by atoms with E-state index < -0.39 is 12.1 Å². The second-order valence-electron chi connectivity index (χ2n) is 6.59. The van der Waals surface area contributed by atoms with Crippen LogP contribution < -0.4 is 10.6 Å². The fourth-order valence-electron chi connectivity index (χ4n) is 2.71. The molecular weight excluding hydrogens is 272 g/mol. The molecule has 0 aromatic rings. The van der Waals surface area contributed by atoms with Crippen molar-refractivity contribution in [2.45, 2.75) is 45.2 Å². The second-order valence-corrected chi connectivity index (χ2v) is 6.59. The molecule has 0 unspecified atom stereocenters. The number of nitrogens with zero attached hydrogens (tertiary/aromatic N) is 2. The summed E-state index contributed by atoms with van der Waals surface area (Å²) in [6.45, 7) is 9.70. The minimum Gasteiger partial charge on any atom is -0.340 e. The van der Waals surface area contributed by atoms with Crippen molar-refractivity contribution in [2.24, 2.45) is 0 Å². The molecule has 4 amide bonds. The van der Waals surface area contributed by atoms with E-state index in [9.17, 15) is 14.4 Å². The van der Waals surface area contributed by atoms with Gasteiger partial charge in [-0.05, 0) is 27.2 Å². The van der Waals surface area contributed by atoms with Crippen LogP contribution in [-0.4, -0.2) is 65.4 Å². The van der Waals surface area contributed by atoms with E-state index in [0.29, 0.717) is 6.42 Å². The lowest BCUT2D eigenvalue weighted by atomic mass is 10.0. The van der Waals surface area contributed by atoms with Gasteiger partial charge in [0, 0.05) is 38.1 Å². The highest BCUT2D eigenvalue weighted by molar-refractivity contribution is 6.04. The van der Waals surface area contributed by atoms with Gasteiger partial charge in [0.2, 0.25) is 5.91 Å². The van der Waals surface area contributed by atoms with Crippen molar-refractivity contribution in [3.63, 3.8) is 0 Å². The quantitative estimate of drug-likeness (QED) is 0.714. The minimum atomic E-state index is -0.572. The Labute approximate surface area is 125 Å². The van der Waals surface area contributed by atoms with Crippen LogP contribution in [0.4, 0.5) is 4.79 Å². The molecule has 0 aromatic carbocycles. The lowest BCUT2D eigenvalue weighted by Gasteiger charge is -2.42. The molecule has 0 radical (unpaired) electrons. The van der Waals surface area contributed by atoms with Crippen LogP contribution in [0.15, 0.2) is 0 Å². The largest absolute Gasteiger partial charge is 0.340 e. The number of piperazine rings is 1. The Hall–Kier alpha value is -1.63. The lowest BCUT2D eigenvalue weighted by Crippen LogP contribution is -2.54. The average molecular weight is 296 g/mol. The highest BCUT2D eigenvalue weighted by Crippen LogP contribution is 2.16. The zero-order chi connectivity index (χ0) is 15.6. The Morgan fingerprint density at radius 3 is 2.29 bits per heavy atom. The Morgan fingerprint density at radius 1 is 1.19 bits per heavy atom. The van der Waals surface area contributed by atoms with Gasteiger partial charge < -0.3 is 10.2 Å². The first-order valence-corrected chi connectivity index (χ1v) is 7.41. The number of hydrogen-bond acceptors (Lipinski definition) is 4. The van der Waals surface area contributed by atoms with E-state index in [2.05, 4.69) is 36.3 Å². The number of amides is 4. The Morgan fingerprint density at radius 2 is 1.81 bits per heavy atom. The maximum Gasteiger partial charge on any atom is 0.322 e. The van der Waals surface area contributed by atoms with Crippen LogP contribution in [0.3, 0.4) is 0 Å². The van der Waals surface area contributed by atoms with Gasteiger partial charge >= 0.3 is 6.03 Å². The van der Waals surface area contributed by atoms with Crippen LogP contribution in [0.5, 0.6) is 0 Å². The summed E-state index contributed by atoms with van der Waals surface area (Å²) in [4.78, 5) is 38.8. The summed E-state index contributed by atoms with van der Waals surface area (Å²) in [5.41, 5.74) is 0.126. The number of hydrogen-bond donors (Lipinski definition) is 2. The van der Waals surface area contributed by atoms with Gasteiger partial charge in [0.1, 0.15) is 6.04 Å². The third-order valence-electron chi connectivity index (χ3n) is 4.09. The van der Waals surface area contributed by atoms with E-state index in [0.717, 1.165) is 26.2 Å². The smallest absolute Gasteiger partial charge is 0.322 e. The molecule has 0 saturated carbocycles. The van der Waals surface area contributed by atoms with E-state index in [1.807, 2.05) is 4.90 Å². The number of nitrogens with one attached hydrogen (secondary N) is 2. The van der Waals surface area contributed by atoms with Crippen LogP contribution in [0.25, 0.3) is 0 Å². The predicted octanol–water partition coefficient (Wildman–Crippen LogP) is -0.0827. The molecular formula is C14H24N4O3. The van der Waals surface area contributed by atoms with Crippen molar-refractivity contribution in [3.8, 4) is 0 Å². The second kappa shape index (κ2) is 6.01. The minimum absolute atomic E-state index is 0.0532. The summed E-state index contributed by atoms with van der Waals surface area (Å²) in [5.74, 6) is -0.289. The highest BCUT2D eigenvalue weighted by Gasteiger charge is 2.31. The van der Waals surface area contributed by atoms with Crippen molar-refractivity contribution in [2.75, 3.05) is 26.2 Å². The first-order valence-electron chi connectivity index (χ1n) is 7.41. The van der Waals surface area contributed by atoms with Gasteiger partial charge in [-0.2, -0.15) is 0 Å². The first-order chi connectivity index (χ1) is 9.77. The molecule has 2 aliphatic heterocycles. The van der Waals surface area contributed by atoms with Crippen LogP contribution in [0.1, 0.15) is 33.6 Å². The standard InChI is InChI=1S/C14H24N4O3/c1-14(2,3)18-8-6-17(7-9-18)11(19)5-4-10-12(20)16-13(21)15-10/h10H,4-9H2,1-3H3,(H2,15,16,20,21)/t10-/m0/s1. The number of rotatable bonds is 3. The summed E-state index contributed by atoms with van der Waals surface area (Å²) in [7, 11) is 0. The van der Waals surface area contributed by atoms with E-state index >= 15 is 0 Å². The zero-order valence-corrected chi connectivity index (χ0v) is 12.9. The van der Waals surface area contributed by atoms with Crippen LogP contribution in [0, 0.1) is 0 Å². The molecule has 2 N–H and O–H groups in total. The molecule has 0 aromatic heterocycles. The fourth-order valence-corrected chi connectivity index (χ4v) is 2.71. The molecule has 21 heavy (non-hydrogen) atoms. The van der Waals surface area contributed by atoms with Gasteiger partial charge in [-0.15, -0.1) is 0 Å². The third-order valence-corrected chi connectivity index (χ3v) is 4.09. The zero-order valence-electron chi connectivity index (χ0n) is 12.9. The fraction of sp³-hybridized carbons (Fsp3) is 0.786. The topological polar surface area (TPSA) is 81.8 Å². The van der Waals surface area contributed by atoms with Crippen LogP contribution >= 0.6 is 0 Å². The van der Waals surface area contributed by atoms with E-state index in [4.69, 9.17) is 0 Å². The Bertz CT molecular complexity index is 436. The molecule has 2 aliphatic rings. The maximum atomic E-state index is 12.2. The molecule has 0 spiro atoms. The summed E-state index contributed by atoms with van der Waals surface area (Å²) < 4.78 is 0. The molecule has 2 fully saturated rings. The molecule has 118 valence electrons. The summed E-state index contributed by atoms with van der Waals surface area (Å²) in [6, 6.07) is -1.05. The van der Waals surface area contributed by atoms with Gasteiger partial charge in [-0.25, -0.2) is 4.79 Å².